The molecule has 0 spiro atoms. The molecule has 2 rings (SSSR count). The second-order valence-corrected chi connectivity index (χ2v) is 4.28. The number of rotatable bonds is 4. The van der Waals surface area contributed by atoms with Gasteiger partial charge in [0.15, 0.2) is 5.76 Å². The molecule has 110 valence electrons. The van der Waals surface area contributed by atoms with Crippen LogP contribution in [0.1, 0.15) is 21.8 Å². The first-order valence-corrected chi connectivity index (χ1v) is 5.99. The highest BCUT2D eigenvalue weighted by molar-refractivity contribution is 5.95. The maximum Gasteiger partial charge on any atom is 0.339 e. The van der Waals surface area contributed by atoms with Gasteiger partial charge >= 0.3 is 12.0 Å². The van der Waals surface area contributed by atoms with Gasteiger partial charge in [0.25, 0.3) is 0 Å². The molecule has 0 aliphatic carbocycles. The van der Waals surface area contributed by atoms with Crippen molar-refractivity contribution < 1.29 is 24.3 Å². The van der Waals surface area contributed by atoms with Crippen LogP contribution in [-0.4, -0.2) is 27.4 Å². The van der Waals surface area contributed by atoms with Crippen LogP contribution < -0.4 is 10.6 Å². The number of aromatic carboxylic acids is 1. The zero-order valence-corrected chi connectivity index (χ0v) is 11.1. The minimum atomic E-state index is -1.28. The molecule has 0 bridgehead atoms. The Kier molecular flexibility index (Phi) is 4.07. The average molecular weight is 291 g/mol. The van der Waals surface area contributed by atoms with E-state index in [4.69, 9.17) is 9.63 Å². The molecule has 0 unspecified atom stereocenters. The smallest absolute Gasteiger partial charge is 0.339 e. The molecule has 1 aromatic heterocycles. The number of nitrogens with zero attached hydrogens (tertiary/aromatic N) is 1. The first-order valence-electron chi connectivity index (χ1n) is 5.99. The molecule has 1 aromatic carbocycles. The number of anilines is 1. The summed E-state index contributed by atoms with van der Waals surface area (Å²) in [6.07, 6.45) is 0. The number of aromatic hydroxyl groups is 1. The second-order valence-electron chi connectivity index (χ2n) is 4.28. The van der Waals surface area contributed by atoms with E-state index in [1.807, 2.05) is 0 Å². The van der Waals surface area contributed by atoms with E-state index in [9.17, 15) is 14.7 Å². The summed E-state index contributed by atoms with van der Waals surface area (Å²) < 4.78 is 4.93. The predicted octanol–water partition coefficient (Wildman–Crippen LogP) is 1.71. The molecule has 2 aromatic rings. The van der Waals surface area contributed by atoms with Crippen LogP contribution in [0.15, 0.2) is 28.8 Å². The fourth-order valence-electron chi connectivity index (χ4n) is 1.63. The van der Waals surface area contributed by atoms with Gasteiger partial charge in [0.05, 0.1) is 12.2 Å². The lowest BCUT2D eigenvalue weighted by Gasteiger charge is -2.07. The summed E-state index contributed by atoms with van der Waals surface area (Å²) in [5, 5.41) is 26.9. The Morgan fingerprint density at radius 3 is 2.71 bits per heavy atom. The minimum absolute atomic E-state index is 0.149. The number of benzene rings is 1. The van der Waals surface area contributed by atoms with Gasteiger partial charge in [0.2, 0.25) is 0 Å². The van der Waals surface area contributed by atoms with Crippen LogP contribution in [0.2, 0.25) is 0 Å². The molecule has 0 fully saturated rings. The molecule has 0 radical (unpaired) electrons. The first-order chi connectivity index (χ1) is 9.95. The highest BCUT2D eigenvalue weighted by Gasteiger charge is 2.11. The Labute approximate surface area is 119 Å². The quantitative estimate of drug-likeness (QED) is 0.635. The number of nitrogens with one attached hydrogen (secondary N) is 2. The van der Waals surface area contributed by atoms with Gasteiger partial charge < -0.3 is 25.4 Å². The number of carboxylic acid groups (broad SMARTS) is 1. The van der Waals surface area contributed by atoms with Crippen molar-refractivity contribution in [2.75, 3.05) is 5.32 Å². The molecule has 21 heavy (non-hydrogen) atoms. The van der Waals surface area contributed by atoms with E-state index in [1.54, 1.807) is 13.0 Å². The van der Waals surface area contributed by atoms with E-state index in [0.29, 0.717) is 11.5 Å². The maximum absolute atomic E-state index is 11.7. The third-order valence-corrected chi connectivity index (χ3v) is 2.58. The van der Waals surface area contributed by atoms with Crippen molar-refractivity contribution in [3.05, 3.63) is 41.3 Å². The van der Waals surface area contributed by atoms with Crippen LogP contribution in [0.5, 0.6) is 5.75 Å². The molecule has 0 atom stereocenters. The van der Waals surface area contributed by atoms with E-state index in [1.165, 1.54) is 12.1 Å². The summed E-state index contributed by atoms with van der Waals surface area (Å²) in [5.41, 5.74) is 0.659. The monoisotopic (exact) mass is 291 g/mol. The van der Waals surface area contributed by atoms with Crippen LogP contribution in [0.3, 0.4) is 0 Å². The SMILES string of the molecule is Cc1cc(CNC(=O)Nc2ccc(O)c(C(=O)O)c2)on1. The summed E-state index contributed by atoms with van der Waals surface area (Å²) >= 11 is 0. The first kappa shape index (κ1) is 14.4. The van der Waals surface area contributed by atoms with Crippen molar-refractivity contribution in [1.82, 2.24) is 10.5 Å². The van der Waals surface area contributed by atoms with Gasteiger partial charge in [-0.25, -0.2) is 9.59 Å². The van der Waals surface area contributed by atoms with Gasteiger partial charge in [-0.3, -0.25) is 0 Å². The lowest BCUT2D eigenvalue weighted by Crippen LogP contribution is -2.28. The molecular weight excluding hydrogens is 278 g/mol. The van der Waals surface area contributed by atoms with Crippen molar-refractivity contribution in [1.29, 1.82) is 0 Å². The summed E-state index contributed by atoms with van der Waals surface area (Å²) in [7, 11) is 0. The average Bonchev–Trinajstić information content (AvgIpc) is 2.84. The van der Waals surface area contributed by atoms with Crippen molar-refractivity contribution in [3.8, 4) is 5.75 Å². The summed E-state index contributed by atoms with van der Waals surface area (Å²) in [4.78, 5) is 22.5. The summed E-state index contributed by atoms with van der Waals surface area (Å²) in [6.45, 7) is 1.91. The van der Waals surface area contributed by atoms with Gasteiger partial charge in [0.1, 0.15) is 11.3 Å². The molecule has 0 aliphatic rings. The van der Waals surface area contributed by atoms with Gasteiger partial charge in [0, 0.05) is 11.8 Å². The fraction of sp³-hybridized carbons (Fsp3) is 0.154. The van der Waals surface area contributed by atoms with E-state index in [-0.39, 0.29) is 23.5 Å². The van der Waals surface area contributed by atoms with Crippen LogP contribution >= 0.6 is 0 Å². The Balaban J connectivity index is 1.96. The zero-order chi connectivity index (χ0) is 15.4. The normalized spacial score (nSPS) is 10.1. The number of carbonyl (C=O) groups is 2. The molecule has 2 amide bonds. The second kappa shape index (κ2) is 5.95. The lowest BCUT2D eigenvalue weighted by atomic mass is 10.2. The molecule has 0 saturated carbocycles. The molecular formula is C13H13N3O5. The van der Waals surface area contributed by atoms with Crippen LogP contribution in [0, 0.1) is 6.92 Å². The Bertz CT molecular complexity index is 680. The van der Waals surface area contributed by atoms with E-state index in [0.717, 1.165) is 6.07 Å². The molecule has 8 heteroatoms. The van der Waals surface area contributed by atoms with Gasteiger partial charge in [-0.15, -0.1) is 0 Å². The Hall–Kier alpha value is -3.03. The number of carbonyl (C=O) groups excluding carboxylic acids is 1. The third-order valence-electron chi connectivity index (χ3n) is 2.58. The highest BCUT2D eigenvalue weighted by atomic mass is 16.5. The zero-order valence-electron chi connectivity index (χ0n) is 11.1. The topological polar surface area (TPSA) is 125 Å². The predicted molar refractivity (Wildman–Crippen MR) is 72.2 cm³/mol. The lowest BCUT2D eigenvalue weighted by molar-refractivity contribution is 0.0693. The number of aryl methyl sites for hydroxylation is 1. The summed E-state index contributed by atoms with van der Waals surface area (Å²) in [5.74, 6) is -1.15. The minimum Gasteiger partial charge on any atom is -0.507 e. The van der Waals surface area contributed by atoms with Gasteiger partial charge in [-0.1, -0.05) is 5.16 Å². The van der Waals surface area contributed by atoms with E-state index in [2.05, 4.69) is 15.8 Å². The molecule has 0 saturated heterocycles. The number of phenols is 1. The molecule has 8 nitrogen and oxygen atoms in total. The number of amides is 2. The number of aromatic nitrogens is 1. The van der Waals surface area contributed by atoms with E-state index < -0.39 is 12.0 Å². The fourth-order valence-corrected chi connectivity index (χ4v) is 1.63. The largest absolute Gasteiger partial charge is 0.507 e. The number of hydrogen-bond acceptors (Lipinski definition) is 5. The third kappa shape index (κ3) is 3.72. The standard InChI is InChI=1S/C13H13N3O5/c1-7-4-9(21-16-7)6-14-13(20)15-8-2-3-11(17)10(5-8)12(18)19/h2-5,17H,6H2,1H3,(H,18,19)(H2,14,15,20). The van der Waals surface area contributed by atoms with Crippen LogP contribution in [0.4, 0.5) is 10.5 Å². The van der Waals surface area contributed by atoms with Crippen LogP contribution in [0.25, 0.3) is 0 Å². The Morgan fingerprint density at radius 1 is 1.33 bits per heavy atom. The molecule has 4 N–H and O–H groups in total. The van der Waals surface area contributed by atoms with Gasteiger partial charge in [-0.2, -0.15) is 0 Å². The number of hydrogen-bond donors (Lipinski definition) is 4. The maximum atomic E-state index is 11.7. The number of urea groups is 1. The van der Waals surface area contributed by atoms with E-state index >= 15 is 0 Å². The number of carboxylic acids is 1. The van der Waals surface area contributed by atoms with Crippen LogP contribution in [-0.2, 0) is 6.54 Å². The van der Waals surface area contributed by atoms with Crippen molar-refractivity contribution in [3.63, 3.8) is 0 Å². The Morgan fingerprint density at radius 2 is 2.10 bits per heavy atom. The van der Waals surface area contributed by atoms with Crippen molar-refractivity contribution in [2.24, 2.45) is 0 Å². The molecule has 1 heterocycles. The van der Waals surface area contributed by atoms with Crippen molar-refractivity contribution >= 4 is 17.7 Å². The highest BCUT2D eigenvalue weighted by Crippen LogP contribution is 2.21. The van der Waals surface area contributed by atoms with Crippen molar-refractivity contribution in [2.45, 2.75) is 13.5 Å². The van der Waals surface area contributed by atoms with Gasteiger partial charge in [-0.05, 0) is 25.1 Å². The molecule has 0 aliphatic heterocycles. The summed E-state index contributed by atoms with van der Waals surface area (Å²) in [6, 6.07) is 4.89.